The van der Waals surface area contributed by atoms with Gasteiger partial charge in [-0.05, 0) is 13.3 Å². The Bertz CT molecular complexity index is 71.3. The number of unbranched alkanes of at least 4 members (excludes halogenated alkanes) is 1. The molecule has 0 fully saturated rings. The van der Waals surface area contributed by atoms with Crippen LogP contribution in [0.1, 0.15) is 26.7 Å². The number of carbonyl (C=O) groups is 1. The van der Waals surface area contributed by atoms with Crippen LogP contribution in [0.25, 0.3) is 0 Å². The predicted molar refractivity (Wildman–Crippen MR) is 36.4 cm³/mol. The van der Waals surface area contributed by atoms with Gasteiger partial charge in [0.1, 0.15) is 12.4 Å². The fourth-order valence-corrected chi connectivity index (χ4v) is 0.453. The standard InChI is InChI=1S/C7H14O2/c1-3-4-5-9-7(2)6-8/h6-7H,3-5H2,1-2H3/t7-/m1/s1. The van der Waals surface area contributed by atoms with Crippen LogP contribution in [-0.2, 0) is 9.53 Å². The summed E-state index contributed by atoms with van der Waals surface area (Å²) in [5.74, 6) is 0. The van der Waals surface area contributed by atoms with Crippen molar-refractivity contribution >= 4 is 6.29 Å². The van der Waals surface area contributed by atoms with Gasteiger partial charge in [-0.2, -0.15) is 0 Å². The van der Waals surface area contributed by atoms with Gasteiger partial charge in [-0.25, -0.2) is 0 Å². The van der Waals surface area contributed by atoms with E-state index in [0.717, 1.165) is 19.1 Å². The quantitative estimate of drug-likeness (QED) is 0.415. The van der Waals surface area contributed by atoms with Crippen LogP contribution in [0.15, 0.2) is 0 Å². The van der Waals surface area contributed by atoms with Crippen LogP contribution >= 0.6 is 0 Å². The topological polar surface area (TPSA) is 26.3 Å². The van der Waals surface area contributed by atoms with Crippen molar-refractivity contribution in [1.29, 1.82) is 0 Å². The largest absolute Gasteiger partial charge is 0.371 e. The van der Waals surface area contributed by atoms with Gasteiger partial charge in [0.15, 0.2) is 0 Å². The lowest BCUT2D eigenvalue weighted by Gasteiger charge is -2.03. The van der Waals surface area contributed by atoms with Crippen LogP contribution in [-0.4, -0.2) is 19.0 Å². The van der Waals surface area contributed by atoms with Gasteiger partial charge in [-0.15, -0.1) is 0 Å². The summed E-state index contributed by atoms with van der Waals surface area (Å²) in [6.07, 6.45) is 2.75. The van der Waals surface area contributed by atoms with Crippen LogP contribution in [0.5, 0.6) is 0 Å². The lowest BCUT2D eigenvalue weighted by molar-refractivity contribution is -0.117. The summed E-state index contributed by atoms with van der Waals surface area (Å²) in [5.41, 5.74) is 0. The maximum absolute atomic E-state index is 9.97. The van der Waals surface area contributed by atoms with Crippen LogP contribution in [0.4, 0.5) is 0 Å². The lowest BCUT2D eigenvalue weighted by atomic mass is 10.3. The van der Waals surface area contributed by atoms with Crippen molar-refractivity contribution in [3.8, 4) is 0 Å². The summed E-state index contributed by atoms with van der Waals surface area (Å²) in [5, 5.41) is 0. The molecule has 0 aromatic rings. The van der Waals surface area contributed by atoms with Crippen LogP contribution in [0.3, 0.4) is 0 Å². The van der Waals surface area contributed by atoms with E-state index < -0.39 is 0 Å². The van der Waals surface area contributed by atoms with Crippen molar-refractivity contribution in [1.82, 2.24) is 0 Å². The first kappa shape index (κ1) is 8.63. The van der Waals surface area contributed by atoms with Gasteiger partial charge in [0.2, 0.25) is 0 Å². The molecule has 0 amide bonds. The van der Waals surface area contributed by atoms with Gasteiger partial charge < -0.3 is 9.53 Å². The van der Waals surface area contributed by atoms with Crippen molar-refractivity contribution in [2.24, 2.45) is 0 Å². The number of ether oxygens (including phenoxy) is 1. The molecule has 2 heteroatoms. The van der Waals surface area contributed by atoms with E-state index in [1.807, 2.05) is 0 Å². The summed E-state index contributed by atoms with van der Waals surface area (Å²) in [7, 11) is 0. The molecule has 0 rings (SSSR count). The fraction of sp³-hybridized carbons (Fsp3) is 0.857. The van der Waals surface area contributed by atoms with Crippen molar-refractivity contribution in [3.63, 3.8) is 0 Å². The molecule has 54 valence electrons. The highest BCUT2D eigenvalue weighted by atomic mass is 16.5. The summed E-state index contributed by atoms with van der Waals surface area (Å²) in [6.45, 7) is 4.55. The Morgan fingerprint density at radius 3 is 2.78 bits per heavy atom. The van der Waals surface area contributed by atoms with E-state index in [1.54, 1.807) is 6.92 Å². The highest BCUT2D eigenvalue weighted by Crippen LogP contribution is 1.91. The van der Waals surface area contributed by atoms with Crippen molar-refractivity contribution in [2.45, 2.75) is 32.8 Å². The Hall–Kier alpha value is -0.370. The molecule has 9 heavy (non-hydrogen) atoms. The van der Waals surface area contributed by atoms with E-state index >= 15 is 0 Å². The molecular weight excluding hydrogens is 116 g/mol. The molecule has 0 bridgehead atoms. The summed E-state index contributed by atoms with van der Waals surface area (Å²) in [4.78, 5) is 9.97. The van der Waals surface area contributed by atoms with E-state index in [0.29, 0.717) is 6.61 Å². The first-order valence-electron chi connectivity index (χ1n) is 3.38. The summed E-state index contributed by atoms with van der Waals surface area (Å²) in [6, 6.07) is 0. The fourth-order valence-electron chi connectivity index (χ4n) is 0.453. The Morgan fingerprint density at radius 1 is 1.67 bits per heavy atom. The molecule has 0 aliphatic carbocycles. The Balaban J connectivity index is 2.96. The second-order valence-corrected chi connectivity index (χ2v) is 2.07. The third-order valence-corrected chi connectivity index (χ3v) is 1.07. The second-order valence-electron chi connectivity index (χ2n) is 2.07. The van der Waals surface area contributed by atoms with E-state index in [4.69, 9.17) is 4.74 Å². The van der Waals surface area contributed by atoms with Gasteiger partial charge in [0, 0.05) is 6.61 Å². The molecule has 2 nitrogen and oxygen atoms in total. The zero-order valence-electron chi connectivity index (χ0n) is 6.09. The molecule has 0 aliphatic heterocycles. The first-order chi connectivity index (χ1) is 4.31. The Kier molecular flexibility index (Phi) is 5.52. The number of carbonyl (C=O) groups excluding carboxylic acids is 1. The minimum Gasteiger partial charge on any atom is -0.371 e. The molecule has 0 spiro atoms. The highest BCUT2D eigenvalue weighted by molar-refractivity contribution is 5.54. The first-order valence-corrected chi connectivity index (χ1v) is 3.38. The zero-order valence-corrected chi connectivity index (χ0v) is 6.09. The van der Waals surface area contributed by atoms with Crippen LogP contribution in [0.2, 0.25) is 0 Å². The van der Waals surface area contributed by atoms with Crippen molar-refractivity contribution < 1.29 is 9.53 Å². The molecule has 0 unspecified atom stereocenters. The Morgan fingerprint density at radius 2 is 2.33 bits per heavy atom. The monoisotopic (exact) mass is 130 g/mol. The molecule has 1 atom stereocenters. The van der Waals surface area contributed by atoms with Gasteiger partial charge >= 0.3 is 0 Å². The molecule has 0 heterocycles. The molecule has 0 aromatic heterocycles. The average Bonchev–Trinajstić information content (AvgIpc) is 1.89. The lowest BCUT2D eigenvalue weighted by Crippen LogP contribution is -2.09. The van der Waals surface area contributed by atoms with Crippen molar-refractivity contribution in [2.75, 3.05) is 6.61 Å². The van der Waals surface area contributed by atoms with E-state index in [2.05, 4.69) is 6.92 Å². The second kappa shape index (κ2) is 5.76. The van der Waals surface area contributed by atoms with Gasteiger partial charge in [0.05, 0.1) is 0 Å². The molecule has 0 saturated heterocycles. The number of aldehydes is 1. The molecule has 0 aliphatic rings. The molecule has 0 saturated carbocycles. The van der Waals surface area contributed by atoms with E-state index in [9.17, 15) is 4.79 Å². The van der Waals surface area contributed by atoms with Gasteiger partial charge in [-0.3, -0.25) is 0 Å². The maximum Gasteiger partial charge on any atom is 0.148 e. The minimum atomic E-state index is -0.225. The van der Waals surface area contributed by atoms with E-state index in [-0.39, 0.29) is 6.10 Å². The highest BCUT2D eigenvalue weighted by Gasteiger charge is 1.95. The maximum atomic E-state index is 9.97. The summed E-state index contributed by atoms with van der Waals surface area (Å²) >= 11 is 0. The zero-order chi connectivity index (χ0) is 7.11. The van der Waals surface area contributed by atoms with Crippen LogP contribution in [0, 0.1) is 0 Å². The average molecular weight is 130 g/mol. The molecule has 0 aromatic carbocycles. The van der Waals surface area contributed by atoms with Crippen LogP contribution < -0.4 is 0 Å². The Labute approximate surface area is 56.2 Å². The minimum absolute atomic E-state index is 0.225. The molecule has 0 radical (unpaired) electrons. The van der Waals surface area contributed by atoms with Crippen molar-refractivity contribution in [3.05, 3.63) is 0 Å². The molecule has 0 N–H and O–H groups in total. The normalized spacial score (nSPS) is 13.1. The van der Waals surface area contributed by atoms with Gasteiger partial charge in [0.25, 0.3) is 0 Å². The summed E-state index contributed by atoms with van der Waals surface area (Å²) < 4.78 is 5.06. The van der Waals surface area contributed by atoms with Gasteiger partial charge in [-0.1, -0.05) is 13.3 Å². The number of rotatable bonds is 5. The predicted octanol–water partition coefficient (Wildman–Crippen LogP) is 1.39. The number of hydrogen-bond donors (Lipinski definition) is 0. The number of hydrogen-bond acceptors (Lipinski definition) is 2. The third kappa shape index (κ3) is 5.50. The molecular formula is C7H14O2. The third-order valence-electron chi connectivity index (χ3n) is 1.07. The smallest absolute Gasteiger partial charge is 0.148 e. The van der Waals surface area contributed by atoms with E-state index in [1.165, 1.54) is 0 Å². The SMILES string of the molecule is CCCCO[C@H](C)C=O.